The summed E-state index contributed by atoms with van der Waals surface area (Å²) in [6.07, 6.45) is 6.57. The predicted octanol–water partition coefficient (Wildman–Crippen LogP) is 5.95. The first-order chi connectivity index (χ1) is 15.1. The number of aryl methyl sites for hydroxylation is 1. The SMILES string of the molecule is CCCCc1ccc(N=Cc2c(O)n(-c3ccc(Br)cn3)c(=O)c3ccccc23)cc1. The number of rotatable bonds is 6. The summed E-state index contributed by atoms with van der Waals surface area (Å²) >= 11 is 3.35. The standard InChI is InChI=1S/C25H22BrN3O2/c1-2-3-6-17-9-12-19(13-10-17)27-16-22-20-7-4-5-8-21(20)24(30)29(25(22)31)23-14-11-18(26)15-28-23/h4-5,7-16,31H,2-3,6H2,1H3. The van der Waals surface area contributed by atoms with Crippen molar-refractivity contribution in [3.05, 3.63) is 92.8 Å². The van der Waals surface area contributed by atoms with E-state index in [9.17, 15) is 9.90 Å². The van der Waals surface area contributed by atoms with Gasteiger partial charge in [0.2, 0.25) is 5.88 Å². The van der Waals surface area contributed by atoms with Gasteiger partial charge < -0.3 is 5.11 Å². The van der Waals surface area contributed by atoms with Gasteiger partial charge in [0.25, 0.3) is 5.56 Å². The van der Waals surface area contributed by atoms with E-state index < -0.39 is 0 Å². The van der Waals surface area contributed by atoms with Gasteiger partial charge in [0.1, 0.15) is 5.82 Å². The van der Waals surface area contributed by atoms with Crippen LogP contribution in [0.1, 0.15) is 30.9 Å². The monoisotopic (exact) mass is 475 g/mol. The third-order valence-corrected chi connectivity index (χ3v) is 5.61. The average Bonchev–Trinajstić information content (AvgIpc) is 2.79. The summed E-state index contributed by atoms with van der Waals surface area (Å²) in [7, 11) is 0. The van der Waals surface area contributed by atoms with Crippen LogP contribution in [-0.2, 0) is 6.42 Å². The van der Waals surface area contributed by atoms with Gasteiger partial charge in [0.15, 0.2) is 0 Å². The highest BCUT2D eigenvalue weighted by Gasteiger charge is 2.16. The maximum atomic E-state index is 13.1. The van der Waals surface area contributed by atoms with E-state index in [-0.39, 0.29) is 11.4 Å². The number of halogens is 1. The van der Waals surface area contributed by atoms with E-state index in [2.05, 4.69) is 45.0 Å². The lowest BCUT2D eigenvalue weighted by Gasteiger charge is -2.13. The molecule has 0 bridgehead atoms. The number of aliphatic imine (C=N–C) groups is 1. The molecule has 0 aliphatic carbocycles. The minimum atomic E-state index is -0.333. The van der Waals surface area contributed by atoms with Crippen LogP contribution in [0, 0.1) is 0 Å². The topological polar surface area (TPSA) is 67.5 Å². The fraction of sp³-hybridized carbons (Fsp3) is 0.160. The lowest BCUT2D eigenvalue weighted by Crippen LogP contribution is -2.21. The van der Waals surface area contributed by atoms with Crippen molar-refractivity contribution in [2.24, 2.45) is 4.99 Å². The second-order valence-corrected chi connectivity index (χ2v) is 8.20. The highest BCUT2D eigenvalue weighted by atomic mass is 79.9. The van der Waals surface area contributed by atoms with Gasteiger partial charge in [-0.1, -0.05) is 43.7 Å². The number of nitrogens with zero attached hydrogens (tertiary/aromatic N) is 3. The van der Waals surface area contributed by atoms with Gasteiger partial charge >= 0.3 is 0 Å². The van der Waals surface area contributed by atoms with Crippen LogP contribution in [0.3, 0.4) is 0 Å². The van der Waals surface area contributed by atoms with Crippen molar-refractivity contribution in [2.45, 2.75) is 26.2 Å². The maximum absolute atomic E-state index is 13.1. The van der Waals surface area contributed by atoms with Crippen molar-refractivity contribution in [2.75, 3.05) is 0 Å². The summed E-state index contributed by atoms with van der Waals surface area (Å²) in [5, 5.41) is 12.2. The number of pyridine rings is 2. The second kappa shape index (κ2) is 9.27. The molecule has 0 atom stereocenters. The van der Waals surface area contributed by atoms with Gasteiger partial charge in [-0.15, -0.1) is 0 Å². The fourth-order valence-electron chi connectivity index (χ4n) is 3.47. The molecule has 5 nitrogen and oxygen atoms in total. The molecule has 31 heavy (non-hydrogen) atoms. The first-order valence-electron chi connectivity index (χ1n) is 10.2. The van der Waals surface area contributed by atoms with E-state index >= 15 is 0 Å². The van der Waals surface area contributed by atoms with Crippen LogP contribution >= 0.6 is 15.9 Å². The van der Waals surface area contributed by atoms with Crippen LogP contribution in [0.15, 0.2) is 81.1 Å². The summed E-state index contributed by atoms with van der Waals surface area (Å²) in [5.74, 6) is 0.146. The van der Waals surface area contributed by atoms with Crippen molar-refractivity contribution in [1.29, 1.82) is 0 Å². The molecule has 2 heterocycles. The number of aromatic hydroxyl groups is 1. The molecule has 4 aromatic rings. The normalized spacial score (nSPS) is 11.4. The van der Waals surface area contributed by atoms with Crippen LogP contribution in [0.2, 0.25) is 0 Å². The summed E-state index contributed by atoms with van der Waals surface area (Å²) in [6, 6.07) is 18.7. The molecule has 0 fully saturated rings. The molecule has 2 aromatic carbocycles. The van der Waals surface area contributed by atoms with Crippen molar-refractivity contribution in [1.82, 2.24) is 9.55 Å². The van der Waals surface area contributed by atoms with Crippen LogP contribution in [0.4, 0.5) is 5.69 Å². The predicted molar refractivity (Wildman–Crippen MR) is 129 cm³/mol. The number of aromatic nitrogens is 2. The summed E-state index contributed by atoms with van der Waals surface area (Å²) in [4.78, 5) is 21.9. The summed E-state index contributed by atoms with van der Waals surface area (Å²) in [6.45, 7) is 2.18. The molecule has 0 aliphatic rings. The lowest BCUT2D eigenvalue weighted by atomic mass is 10.1. The first-order valence-corrected chi connectivity index (χ1v) is 11.0. The summed E-state index contributed by atoms with van der Waals surface area (Å²) in [5.41, 5.74) is 2.20. The highest BCUT2D eigenvalue weighted by Crippen LogP contribution is 2.26. The molecule has 0 spiro atoms. The van der Waals surface area contributed by atoms with E-state index in [0.717, 1.165) is 29.4 Å². The molecule has 156 valence electrons. The lowest BCUT2D eigenvalue weighted by molar-refractivity contribution is 0.435. The van der Waals surface area contributed by atoms with E-state index in [1.807, 2.05) is 24.3 Å². The van der Waals surface area contributed by atoms with E-state index in [0.29, 0.717) is 22.2 Å². The zero-order chi connectivity index (χ0) is 21.8. The van der Waals surface area contributed by atoms with Gasteiger partial charge in [-0.3, -0.25) is 9.79 Å². The Hall–Kier alpha value is -3.25. The number of hydrogen-bond acceptors (Lipinski definition) is 4. The van der Waals surface area contributed by atoms with Crippen LogP contribution in [-0.4, -0.2) is 20.9 Å². The molecule has 0 unspecified atom stereocenters. The zero-order valence-corrected chi connectivity index (χ0v) is 18.7. The molecule has 1 N–H and O–H groups in total. The molecule has 0 saturated heterocycles. The second-order valence-electron chi connectivity index (χ2n) is 7.29. The molecule has 0 saturated carbocycles. The third kappa shape index (κ3) is 4.44. The molecule has 0 amide bonds. The Labute approximate surface area is 188 Å². The van der Waals surface area contributed by atoms with Crippen molar-refractivity contribution < 1.29 is 5.11 Å². The van der Waals surface area contributed by atoms with Gasteiger partial charge in [0, 0.05) is 27.7 Å². The minimum Gasteiger partial charge on any atom is -0.494 e. The fourth-order valence-corrected chi connectivity index (χ4v) is 3.71. The smallest absolute Gasteiger partial charge is 0.267 e. The van der Waals surface area contributed by atoms with Gasteiger partial charge in [-0.05, 0) is 64.7 Å². The van der Waals surface area contributed by atoms with Crippen LogP contribution in [0.5, 0.6) is 5.88 Å². The van der Waals surface area contributed by atoms with Crippen molar-refractivity contribution in [3.8, 4) is 11.7 Å². The Balaban J connectivity index is 1.81. The molecule has 0 aliphatic heterocycles. The third-order valence-electron chi connectivity index (χ3n) is 5.14. The van der Waals surface area contributed by atoms with Gasteiger partial charge in [0.05, 0.1) is 11.3 Å². The van der Waals surface area contributed by atoms with E-state index in [1.165, 1.54) is 10.1 Å². The van der Waals surface area contributed by atoms with Crippen LogP contribution in [0.25, 0.3) is 16.6 Å². The maximum Gasteiger partial charge on any atom is 0.267 e. The Morgan fingerprint density at radius 3 is 2.48 bits per heavy atom. The molecule has 0 radical (unpaired) electrons. The Bertz CT molecular complexity index is 1290. The number of unbranched alkanes of at least 4 members (excludes halogenated alkanes) is 1. The highest BCUT2D eigenvalue weighted by molar-refractivity contribution is 9.10. The number of hydrogen-bond donors (Lipinski definition) is 1. The first kappa shape index (κ1) is 21.0. The van der Waals surface area contributed by atoms with Crippen LogP contribution < -0.4 is 5.56 Å². The minimum absolute atomic E-state index is 0.193. The Morgan fingerprint density at radius 1 is 1.06 bits per heavy atom. The number of benzene rings is 2. The largest absolute Gasteiger partial charge is 0.494 e. The van der Waals surface area contributed by atoms with E-state index in [4.69, 9.17) is 0 Å². The van der Waals surface area contributed by atoms with Crippen molar-refractivity contribution in [3.63, 3.8) is 0 Å². The van der Waals surface area contributed by atoms with Gasteiger partial charge in [-0.25, -0.2) is 9.55 Å². The zero-order valence-electron chi connectivity index (χ0n) is 17.1. The van der Waals surface area contributed by atoms with Crippen molar-refractivity contribution >= 4 is 38.6 Å². The quantitative estimate of drug-likeness (QED) is 0.350. The molecule has 4 rings (SSSR count). The van der Waals surface area contributed by atoms with E-state index in [1.54, 1.807) is 36.7 Å². The molecule has 6 heteroatoms. The molecule has 2 aromatic heterocycles. The van der Waals surface area contributed by atoms with Gasteiger partial charge in [-0.2, -0.15) is 0 Å². The average molecular weight is 476 g/mol. The molecular weight excluding hydrogens is 454 g/mol. The number of fused-ring (bicyclic) bond motifs is 1. The Morgan fingerprint density at radius 2 is 1.81 bits per heavy atom. The Kier molecular flexibility index (Phi) is 6.28. The summed E-state index contributed by atoms with van der Waals surface area (Å²) < 4.78 is 2.00. The molecular formula is C25H22BrN3O2.